The Kier molecular flexibility index (Phi) is 4.07. The highest BCUT2D eigenvalue weighted by molar-refractivity contribution is 6.29. The molecule has 136 valence electrons. The second-order valence-electron chi connectivity index (χ2n) is 6.69. The van der Waals surface area contributed by atoms with Gasteiger partial charge >= 0.3 is 0 Å². The van der Waals surface area contributed by atoms with Crippen LogP contribution in [0.25, 0.3) is 28.1 Å². The SMILES string of the molecule is Clc1ccc(-c2[nH]ncc2CN2CC=C(c3c[nH]c4ncccc34)CC2)o1. The molecule has 0 amide bonds. The average molecular weight is 380 g/mol. The van der Waals surface area contributed by atoms with Gasteiger partial charge in [0.05, 0.1) is 6.20 Å². The summed E-state index contributed by atoms with van der Waals surface area (Å²) in [4.78, 5) is 10.0. The zero-order valence-electron chi connectivity index (χ0n) is 14.6. The molecule has 0 aliphatic carbocycles. The van der Waals surface area contributed by atoms with Gasteiger partial charge in [-0.05, 0) is 47.9 Å². The van der Waals surface area contributed by atoms with Crippen LogP contribution in [0.2, 0.25) is 5.22 Å². The Balaban J connectivity index is 1.33. The third-order valence-electron chi connectivity index (χ3n) is 5.02. The minimum absolute atomic E-state index is 0.379. The topological polar surface area (TPSA) is 73.7 Å². The quantitative estimate of drug-likeness (QED) is 0.548. The summed E-state index contributed by atoms with van der Waals surface area (Å²) in [5, 5.41) is 8.77. The van der Waals surface area contributed by atoms with Crippen LogP contribution in [0.4, 0.5) is 0 Å². The monoisotopic (exact) mass is 379 g/mol. The summed E-state index contributed by atoms with van der Waals surface area (Å²) in [6, 6.07) is 7.70. The highest BCUT2D eigenvalue weighted by atomic mass is 35.5. The Hall–Kier alpha value is -2.83. The van der Waals surface area contributed by atoms with Gasteiger partial charge < -0.3 is 9.40 Å². The number of fused-ring (bicyclic) bond motifs is 1. The van der Waals surface area contributed by atoms with Crippen molar-refractivity contribution in [1.82, 2.24) is 25.1 Å². The first-order valence-corrected chi connectivity index (χ1v) is 9.27. The van der Waals surface area contributed by atoms with E-state index in [4.69, 9.17) is 16.0 Å². The Morgan fingerprint density at radius 3 is 3.04 bits per heavy atom. The molecule has 0 bridgehead atoms. The maximum absolute atomic E-state index is 5.90. The molecule has 0 atom stereocenters. The molecule has 1 aliphatic rings. The maximum Gasteiger partial charge on any atom is 0.194 e. The van der Waals surface area contributed by atoms with E-state index in [-0.39, 0.29) is 0 Å². The van der Waals surface area contributed by atoms with Crippen LogP contribution in [0, 0.1) is 0 Å². The number of nitrogens with zero attached hydrogens (tertiary/aromatic N) is 3. The van der Waals surface area contributed by atoms with Crippen LogP contribution in [0.5, 0.6) is 0 Å². The highest BCUT2D eigenvalue weighted by Gasteiger charge is 2.19. The van der Waals surface area contributed by atoms with Crippen molar-refractivity contribution in [2.24, 2.45) is 0 Å². The number of pyridine rings is 1. The lowest BCUT2D eigenvalue weighted by Gasteiger charge is -2.26. The van der Waals surface area contributed by atoms with E-state index in [2.05, 4.69) is 43.4 Å². The van der Waals surface area contributed by atoms with E-state index < -0.39 is 0 Å². The van der Waals surface area contributed by atoms with Gasteiger partial charge in [-0.15, -0.1) is 0 Å². The minimum Gasteiger partial charge on any atom is -0.443 e. The molecule has 1 aliphatic heterocycles. The number of halogens is 1. The lowest BCUT2D eigenvalue weighted by Crippen LogP contribution is -2.28. The summed E-state index contributed by atoms with van der Waals surface area (Å²) in [5.41, 5.74) is 5.56. The van der Waals surface area contributed by atoms with Crippen LogP contribution in [0.1, 0.15) is 17.5 Å². The smallest absolute Gasteiger partial charge is 0.194 e. The normalized spacial score (nSPS) is 15.4. The van der Waals surface area contributed by atoms with Crippen molar-refractivity contribution in [2.75, 3.05) is 13.1 Å². The second kappa shape index (κ2) is 6.72. The molecular weight excluding hydrogens is 362 g/mol. The average Bonchev–Trinajstić information content (AvgIpc) is 3.42. The van der Waals surface area contributed by atoms with Crippen LogP contribution in [0.3, 0.4) is 0 Å². The number of nitrogens with one attached hydrogen (secondary N) is 2. The summed E-state index contributed by atoms with van der Waals surface area (Å²) in [5.74, 6) is 0.715. The molecule has 2 N–H and O–H groups in total. The van der Waals surface area contributed by atoms with Crippen molar-refractivity contribution in [3.63, 3.8) is 0 Å². The predicted octanol–water partition coefficient (Wildman–Crippen LogP) is 4.49. The predicted molar refractivity (Wildman–Crippen MR) is 105 cm³/mol. The molecule has 0 radical (unpaired) electrons. The number of H-pyrrole nitrogens is 2. The number of hydrogen-bond donors (Lipinski definition) is 2. The van der Waals surface area contributed by atoms with Gasteiger partial charge in [0.2, 0.25) is 0 Å². The summed E-state index contributed by atoms with van der Waals surface area (Å²) < 4.78 is 5.52. The molecule has 27 heavy (non-hydrogen) atoms. The molecule has 5 heterocycles. The molecule has 6 nitrogen and oxygen atoms in total. The van der Waals surface area contributed by atoms with Crippen molar-refractivity contribution in [3.05, 3.63) is 65.3 Å². The fourth-order valence-corrected chi connectivity index (χ4v) is 3.80. The summed E-state index contributed by atoms with van der Waals surface area (Å²) in [6.45, 7) is 2.69. The van der Waals surface area contributed by atoms with E-state index in [9.17, 15) is 0 Å². The molecule has 4 aromatic heterocycles. The molecule has 0 saturated carbocycles. The van der Waals surface area contributed by atoms with E-state index in [1.165, 1.54) is 16.5 Å². The molecule has 0 saturated heterocycles. The van der Waals surface area contributed by atoms with Crippen LogP contribution >= 0.6 is 11.6 Å². The van der Waals surface area contributed by atoms with Gasteiger partial charge in [0.15, 0.2) is 11.0 Å². The lowest BCUT2D eigenvalue weighted by atomic mass is 9.99. The van der Waals surface area contributed by atoms with Gasteiger partial charge in [-0.3, -0.25) is 10.00 Å². The third kappa shape index (κ3) is 3.07. The van der Waals surface area contributed by atoms with Gasteiger partial charge in [0, 0.05) is 48.5 Å². The highest BCUT2D eigenvalue weighted by Crippen LogP contribution is 2.30. The van der Waals surface area contributed by atoms with Crippen molar-refractivity contribution in [3.8, 4) is 11.5 Å². The van der Waals surface area contributed by atoms with Gasteiger partial charge in [0.25, 0.3) is 0 Å². The zero-order valence-corrected chi connectivity index (χ0v) is 15.3. The Morgan fingerprint density at radius 1 is 1.26 bits per heavy atom. The van der Waals surface area contributed by atoms with Crippen LogP contribution < -0.4 is 0 Å². The molecule has 4 aromatic rings. The first-order chi connectivity index (χ1) is 13.3. The van der Waals surface area contributed by atoms with E-state index in [1.807, 2.05) is 24.5 Å². The molecule has 0 fully saturated rings. The second-order valence-corrected chi connectivity index (χ2v) is 7.06. The number of furan rings is 1. The largest absolute Gasteiger partial charge is 0.443 e. The molecular formula is C20H18ClN5O. The minimum atomic E-state index is 0.379. The zero-order chi connectivity index (χ0) is 18.2. The van der Waals surface area contributed by atoms with Crippen LogP contribution in [-0.4, -0.2) is 38.2 Å². The standard InChI is InChI=1S/C20H18ClN5O/c21-18-4-3-17(27-18)19-14(10-24-25-19)12-26-8-5-13(6-9-26)16-11-23-20-15(16)2-1-7-22-20/h1-5,7,10-11H,6,8-9,12H2,(H,22,23)(H,24,25). The number of hydrogen-bond acceptors (Lipinski definition) is 4. The molecule has 7 heteroatoms. The van der Waals surface area contributed by atoms with E-state index in [1.54, 1.807) is 6.07 Å². The van der Waals surface area contributed by atoms with Gasteiger partial charge in [-0.1, -0.05) is 6.08 Å². The summed E-state index contributed by atoms with van der Waals surface area (Å²) in [6.07, 6.45) is 9.04. The fraction of sp³-hybridized carbons (Fsp3) is 0.200. The van der Waals surface area contributed by atoms with Crippen LogP contribution in [0.15, 0.2) is 53.3 Å². The van der Waals surface area contributed by atoms with Gasteiger partial charge in [0.1, 0.15) is 11.3 Å². The Morgan fingerprint density at radius 2 is 2.22 bits per heavy atom. The first-order valence-electron chi connectivity index (χ1n) is 8.90. The van der Waals surface area contributed by atoms with Crippen molar-refractivity contribution in [1.29, 1.82) is 0 Å². The van der Waals surface area contributed by atoms with Gasteiger partial charge in [-0.2, -0.15) is 5.10 Å². The van der Waals surface area contributed by atoms with E-state index >= 15 is 0 Å². The fourth-order valence-electron chi connectivity index (χ4n) is 3.65. The molecule has 0 unspecified atom stereocenters. The number of rotatable bonds is 4. The van der Waals surface area contributed by atoms with E-state index in [0.29, 0.717) is 11.0 Å². The molecule has 0 spiro atoms. The Bertz CT molecular complexity index is 1120. The Labute approximate surface area is 160 Å². The van der Waals surface area contributed by atoms with Crippen molar-refractivity contribution < 1.29 is 4.42 Å². The summed E-state index contributed by atoms with van der Waals surface area (Å²) in [7, 11) is 0. The maximum atomic E-state index is 5.90. The third-order valence-corrected chi connectivity index (χ3v) is 5.22. The van der Waals surface area contributed by atoms with E-state index in [0.717, 1.165) is 43.0 Å². The number of aromatic amines is 2. The molecule has 5 rings (SSSR count). The summed E-state index contributed by atoms with van der Waals surface area (Å²) >= 11 is 5.90. The van der Waals surface area contributed by atoms with Gasteiger partial charge in [-0.25, -0.2) is 4.98 Å². The van der Waals surface area contributed by atoms with Crippen molar-refractivity contribution in [2.45, 2.75) is 13.0 Å². The molecule has 0 aromatic carbocycles. The van der Waals surface area contributed by atoms with Crippen molar-refractivity contribution >= 4 is 28.2 Å². The number of aromatic nitrogens is 4. The van der Waals surface area contributed by atoms with Crippen LogP contribution in [-0.2, 0) is 6.54 Å². The first kappa shape index (κ1) is 16.4. The lowest BCUT2D eigenvalue weighted by molar-refractivity contribution is 0.294.